The lowest BCUT2D eigenvalue weighted by atomic mass is 9.97. The molecule has 6 N–H and O–H groups in total. The van der Waals surface area contributed by atoms with E-state index in [0.29, 0.717) is 0 Å². The number of ketones is 2. The molecule has 0 aliphatic rings. The maximum absolute atomic E-state index is 11.8. The van der Waals surface area contributed by atoms with Gasteiger partial charge < -0.3 is 17.2 Å². The van der Waals surface area contributed by atoms with Gasteiger partial charge in [0.1, 0.15) is 0 Å². The summed E-state index contributed by atoms with van der Waals surface area (Å²) in [5.41, 5.74) is 16.9. The van der Waals surface area contributed by atoms with Crippen molar-refractivity contribution < 1.29 is 14.4 Å². The van der Waals surface area contributed by atoms with Gasteiger partial charge >= 0.3 is 0 Å². The van der Waals surface area contributed by atoms with E-state index in [1.165, 1.54) is 0 Å². The molecule has 1 amide bonds. The van der Waals surface area contributed by atoms with Crippen molar-refractivity contribution >= 4 is 17.5 Å². The minimum absolute atomic E-state index is 0.245. The highest BCUT2D eigenvalue weighted by Gasteiger charge is 2.27. The molecule has 0 saturated heterocycles. The first-order valence-corrected chi connectivity index (χ1v) is 5.83. The van der Waals surface area contributed by atoms with Crippen LogP contribution in [0.1, 0.15) is 12.0 Å². The highest BCUT2D eigenvalue weighted by molar-refractivity contribution is 6.41. The van der Waals surface area contributed by atoms with Crippen molar-refractivity contribution in [1.82, 2.24) is 0 Å². The summed E-state index contributed by atoms with van der Waals surface area (Å²) in [4.78, 5) is 34.1. The first kappa shape index (κ1) is 15.0. The molecule has 0 spiro atoms. The van der Waals surface area contributed by atoms with Gasteiger partial charge in [-0.2, -0.15) is 0 Å². The number of carbonyl (C=O) groups excluding carboxylic acids is 3. The molecule has 0 aliphatic heterocycles. The summed E-state index contributed by atoms with van der Waals surface area (Å²) in [5.74, 6) is -2.37. The molecule has 0 bridgehead atoms. The number of benzene rings is 1. The van der Waals surface area contributed by atoms with Crippen molar-refractivity contribution in [3.63, 3.8) is 0 Å². The predicted molar refractivity (Wildman–Crippen MR) is 69.9 cm³/mol. The van der Waals surface area contributed by atoms with E-state index in [2.05, 4.69) is 0 Å². The fourth-order valence-electron chi connectivity index (χ4n) is 1.64. The lowest BCUT2D eigenvalue weighted by Crippen LogP contribution is -2.46. The van der Waals surface area contributed by atoms with Crippen LogP contribution in [-0.4, -0.2) is 29.6 Å². The number of nitrogens with two attached hydrogens (primary N) is 3. The summed E-state index contributed by atoms with van der Waals surface area (Å²) < 4.78 is 0. The summed E-state index contributed by atoms with van der Waals surface area (Å²) >= 11 is 0. The Morgan fingerprint density at radius 1 is 0.947 bits per heavy atom. The lowest BCUT2D eigenvalue weighted by molar-refractivity contribution is -0.138. The number of rotatable bonds is 7. The SMILES string of the molecule is NC(=O)C[C@H](N)C(=O)C(=O)[C@@H](N)Cc1ccccc1. The van der Waals surface area contributed by atoms with Gasteiger partial charge in [-0.25, -0.2) is 0 Å². The van der Waals surface area contributed by atoms with Crippen LogP contribution in [0.5, 0.6) is 0 Å². The van der Waals surface area contributed by atoms with E-state index < -0.39 is 29.6 Å². The molecule has 1 rings (SSSR count). The number of Topliss-reactive ketones (excluding diaryl/α,β-unsaturated/α-hetero) is 2. The second-order valence-electron chi connectivity index (χ2n) is 4.30. The molecular formula is C13H17N3O3. The van der Waals surface area contributed by atoms with E-state index in [4.69, 9.17) is 17.2 Å². The topological polar surface area (TPSA) is 129 Å². The fourth-order valence-corrected chi connectivity index (χ4v) is 1.64. The minimum Gasteiger partial charge on any atom is -0.370 e. The van der Waals surface area contributed by atoms with Crippen molar-refractivity contribution in [1.29, 1.82) is 0 Å². The number of primary amides is 1. The van der Waals surface area contributed by atoms with Gasteiger partial charge in [0.2, 0.25) is 17.5 Å². The molecule has 0 unspecified atom stereocenters. The second kappa shape index (κ2) is 6.77. The Morgan fingerprint density at radius 3 is 2.00 bits per heavy atom. The Morgan fingerprint density at radius 2 is 1.47 bits per heavy atom. The van der Waals surface area contributed by atoms with Crippen LogP contribution in [0.15, 0.2) is 30.3 Å². The fraction of sp³-hybridized carbons (Fsp3) is 0.308. The van der Waals surface area contributed by atoms with E-state index >= 15 is 0 Å². The molecule has 1 aromatic rings. The molecule has 6 nitrogen and oxygen atoms in total. The van der Waals surface area contributed by atoms with Gasteiger partial charge in [-0.1, -0.05) is 30.3 Å². The molecule has 102 valence electrons. The smallest absolute Gasteiger partial charge is 0.219 e. The molecule has 6 heteroatoms. The number of amides is 1. The highest BCUT2D eigenvalue weighted by Crippen LogP contribution is 2.04. The van der Waals surface area contributed by atoms with Crippen LogP contribution >= 0.6 is 0 Å². The molecule has 0 aromatic heterocycles. The Bertz CT molecular complexity index is 473. The van der Waals surface area contributed by atoms with E-state index in [9.17, 15) is 14.4 Å². The summed E-state index contributed by atoms with van der Waals surface area (Å²) in [7, 11) is 0. The molecule has 2 atom stereocenters. The lowest BCUT2D eigenvalue weighted by Gasteiger charge is -2.12. The Kier molecular flexibility index (Phi) is 5.35. The Labute approximate surface area is 110 Å². The third-order valence-electron chi connectivity index (χ3n) is 2.64. The van der Waals surface area contributed by atoms with Gasteiger partial charge in [-0.3, -0.25) is 14.4 Å². The Balaban J connectivity index is 2.61. The standard InChI is InChI=1S/C13H17N3O3/c14-9(6-8-4-2-1-3-5-8)12(18)13(19)10(15)7-11(16)17/h1-5,9-10H,6-7,14-15H2,(H2,16,17)/t9-,10-/m0/s1. The average molecular weight is 263 g/mol. The zero-order valence-corrected chi connectivity index (χ0v) is 10.4. The van der Waals surface area contributed by atoms with Gasteiger partial charge in [0.15, 0.2) is 0 Å². The molecule has 19 heavy (non-hydrogen) atoms. The zero-order chi connectivity index (χ0) is 14.4. The second-order valence-corrected chi connectivity index (χ2v) is 4.30. The Hall–Kier alpha value is -2.05. The summed E-state index contributed by atoms with van der Waals surface area (Å²) in [6, 6.07) is 6.90. The number of hydrogen-bond acceptors (Lipinski definition) is 5. The number of hydrogen-bond donors (Lipinski definition) is 3. The molecule has 0 radical (unpaired) electrons. The van der Waals surface area contributed by atoms with Crippen molar-refractivity contribution in [3.8, 4) is 0 Å². The van der Waals surface area contributed by atoms with E-state index in [0.717, 1.165) is 5.56 Å². The van der Waals surface area contributed by atoms with Gasteiger partial charge in [0.05, 0.1) is 12.1 Å². The summed E-state index contributed by atoms with van der Waals surface area (Å²) in [6.07, 6.45) is -0.114. The maximum atomic E-state index is 11.8. The normalized spacial score (nSPS) is 13.6. The van der Waals surface area contributed by atoms with Crippen LogP contribution in [0.2, 0.25) is 0 Å². The van der Waals surface area contributed by atoms with Crippen molar-refractivity contribution in [2.24, 2.45) is 17.2 Å². The van der Waals surface area contributed by atoms with E-state index in [-0.39, 0.29) is 12.8 Å². The van der Waals surface area contributed by atoms with Gasteiger partial charge in [-0.15, -0.1) is 0 Å². The molecular weight excluding hydrogens is 246 g/mol. The monoisotopic (exact) mass is 263 g/mol. The zero-order valence-electron chi connectivity index (χ0n) is 10.4. The quantitative estimate of drug-likeness (QED) is 0.537. The molecule has 1 aromatic carbocycles. The molecule has 0 aliphatic carbocycles. The molecule has 0 saturated carbocycles. The van der Waals surface area contributed by atoms with Crippen molar-refractivity contribution in [3.05, 3.63) is 35.9 Å². The first-order valence-electron chi connectivity index (χ1n) is 5.83. The van der Waals surface area contributed by atoms with Gasteiger partial charge in [0, 0.05) is 6.42 Å². The van der Waals surface area contributed by atoms with Crippen LogP contribution in [0.3, 0.4) is 0 Å². The van der Waals surface area contributed by atoms with Gasteiger partial charge in [-0.05, 0) is 12.0 Å². The van der Waals surface area contributed by atoms with Crippen molar-refractivity contribution in [2.75, 3.05) is 0 Å². The van der Waals surface area contributed by atoms with E-state index in [1.54, 1.807) is 12.1 Å². The summed E-state index contributed by atoms with van der Waals surface area (Å²) in [6.45, 7) is 0. The predicted octanol–water partition coefficient (Wildman–Crippen LogP) is -1.10. The van der Waals surface area contributed by atoms with Crippen LogP contribution in [-0.2, 0) is 20.8 Å². The van der Waals surface area contributed by atoms with Crippen molar-refractivity contribution in [2.45, 2.75) is 24.9 Å². The first-order chi connectivity index (χ1) is 8.91. The van der Waals surface area contributed by atoms with E-state index in [1.807, 2.05) is 18.2 Å². The third-order valence-corrected chi connectivity index (χ3v) is 2.64. The van der Waals surface area contributed by atoms with Crippen LogP contribution in [0.4, 0.5) is 0 Å². The van der Waals surface area contributed by atoms with Crippen LogP contribution in [0, 0.1) is 0 Å². The summed E-state index contributed by atoms with van der Waals surface area (Å²) in [5, 5.41) is 0. The average Bonchev–Trinajstić information content (AvgIpc) is 2.37. The maximum Gasteiger partial charge on any atom is 0.219 e. The third kappa shape index (κ3) is 4.61. The molecule has 0 fully saturated rings. The van der Waals surface area contributed by atoms with Gasteiger partial charge in [0.25, 0.3) is 0 Å². The highest BCUT2D eigenvalue weighted by atomic mass is 16.2. The van der Waals surface area contributed by atoms with Crippen LogP contribution < -0.4 is 17.2 Å². The number of carbonyl (C=O) groups is 3. The minimum atomic E-state index is -1.22. The largest absolute Gasteiger partial charge is 0.370 e. The van der Waals surface area contributed by atoms with Crippen LogP contribution in [0.25, 0.3) is 0 Å². The molecule has 0 heterocycles.